The number of nitrogens with one attached hydrogen (secondary N) is 1. The Labute approximate surface area is 113 Å². The van der Waals surface area contributed by atoms with Crippen molar-refractivity contribution in [2.45, 2.75) is 25.4 Å². The van der Waals surface area contributed by atoms with Gasteiger partial charge in [0.2, 0.25) is 0 Å². The first kappa shape index (κ1) is 16.0. The van der Waals surface area contributed by atoms with Gasteiger partial charge in [-0.1, -0.05) is 18.2 Å². The molecule has 4 nitrogen and oxygen atoms in total. The lowest BCUT2D eigenvalue weighted by Crippen LogP contribution is -2.27. The standard InChI is InChI=1S/C13H14F3NO3/c14-13(15,16)7-5-9-3-1-2-4-10(9)12(20)17-8-6-11(18)19/h1-4H,5-8H2,(H,17,20)(H,18,19). The van der Waals surface area contributed by atoms with Gasteiger partial charge in [0.1, 0.15) is 0 Å². The third kappa shape index (κ3) is 5.73. The molecule has 0 atom stereocenters. The van der Waals surface area contributed by atoms with Gasteiger partial charge < -0.3 is 10.4 Å². The van der Waals surface area contributed by atoms with Gasteiger partial charge >= 0.3 is 12.1 Å². The van der Waals surface area contributed by atoms with Crippen LogP contribution in [0.25, 0.3) is 0 Å². The molecule has 0 saturated heterocycles. The topological polar surface area (TPSA) is 66.4 Å². The van der Waals surface area contributed by atoms with Crippen LogP contribution in [0.15, 0.2) is 24.3 Å². The van der Waals surface area contributed by atoms with Crippen molar-refractivity contribution in [2.75, 3.05) is 6.54 Å². The SMILES string of the molecule is O=C(O)CCNC(=O)c1ccccc1CCC(F)(F)F. The normalized spacial score (nSPS) is 11.2. The molecule has 0 bridgehead atoms. The number of hydrogen-bond donors (Lipinski definition) is 2. The number of alkyl halides is 3. The van der Waals surface area contributed by atoms with E-state index in [4.69, 9.17) is 5.11 Å². The molecule has 1 aromatic rings. The smallest absolute Gasteiger partial charge is 0.389 e. The predicted octanol–water partition coefficient (Wildman–Crippen LogP) is 2.39. The zero-order valence-corrected chi connectivity index (χ0v) is 10.5. The maximum absolute atomic E-state index is 12.2. The van der Waals surface area contributed by atoms with Crippen LogP contribution in [0.4, 0.5) is 13.2 Å². The second kappa shape index (κ2) is 6.93. The monoisotopic (exact) mass is 289 g/mol. The summed E-state index contributed by atoms with van der Waals surface area (Å²) in [6, 6.07) is 5.97. The first-order valence-electron chi connectivity index (χ1n) is 5.94. The van der Waals surface area contributed by atoms with Crippen molar-refractivity contribution in [3.63, 3.8) is 0 Å². The molecule has 2 N–H and O–H groups in total. The molecule has 0 spiro atoms. The van der Waals surface area contributed by atoms with Gasteiger partial charge in [-0.25, -0.2) is 0 Å². The van der Waals surface area contributed by atoms with E-state index in [9.17, 15) is 22.8 Å². The van der Waals surface area contributed by atoms with Gasteiger partial charge in [0.15, 0.2) is 0 Å². The lowest BCUT2D eigenvalue weighted by Gasteiger charge is -2.11. The van der Waals surface area contributed by atoms with Crippen LogP contribution < -0.4 is 5.32 Å². The molecule has 7 heteroatoms. The van der Waals surface area contributed by atoms with E-state index >= 15 is 0 Å². The number of carboxylic acids is 1. The van der Waals surface area contributed by atoms with Crippen LogP contribution >= 0.6 is 0 Å². The van der Waals surface area contributed by atoms with Crippen molar-refractivity contribution >= 4 is 11.9 Å². The van der Waals surface area contributed by atoms with E-state index in [-0.39, 0.29) is 30.5 Å². The fourth-order valence-corrected chi connectivity index (χ4v) is 1.61. The lowest BCUT2D eigenvalue weighted by molar-refractivity contribution is -0.137. The van der Waals surface area contributed by atoms with E-state index in [0.717, 1.165) is 0 Å². The molecule has 20 heavy (non-hydrogen) atoms. The largest absolute Gasteiger partial charge is 0.481 e. The number of carboxylic acid groups (broad SMARTS) is 1. The molecule has 0 aliphatic carbocycles. The van der Waals surface area contributed by atoms with E-state index in [0.29, 0.717) is 0 Å². The van der Waals surface area contributed by atoms with Gasteiger partial charge in [0, 0.05) is 18.5 Å². The van der Waals surface area contributed by atoms with Crippen LogP contribution in [0.1, 0.15) is 28.8 Å². The first-order valence-corrected chi connectivity index (χ1v) is 5.94. The Morgan fingerprint density at radius 3 is 2.45 bits per heavy atom. The molecule has 0 aliphatic rings. The van der Waals surface area contributed by atoms with Crippen LogP contribution in [0.5, 0.6) is 0 Å². The van der Waals surface area contributed by atoms with Crippen molar-refractivity contribution in [3.8, 4) is 0 Å². The number of amides is 1. The number of carbonyl (C=O) groups is 2. The number of hydrogen-bond acceptors (Lipinski definition) is 2. The Morgan fingerprint density at radius 1 is 1.20 bits per heavy atom. The van der Waals surface area contributed by atoms with Gasteiger partial charge in [0.05, 0.1) is 6.42 Å². The minimum Gasteiger partial charge on any atom is -0.481 e. The predicted molar refractivity (Wildman–Crippen MR) is 65.4 cm³/mol. The maximum Gasteiger partial charge on any atom is 0.389 e. The summed E-state index contributed by atoms with van der Waals surface area (Å²) < 4.78 is 36.6. The summed E-state index contributed by atoms with van der Waals surface area (Å²) in [6.45, 7) is -0.0677. The number of halogens is 3. The molecule has 0 saturated carbocycles. The molecule has 0 unspecified atom stereocenters. The van der Waals surface area contributed by atoms with Gasteiger partial charge in [-0.05, 0) is 18.1 Å². The quantitative estimate of drug-likeness (QED) is 0.845. The Bertz CT molecular complexity index is 486. The van der Waals surface area contributed by atoms with Crippen molar-refractivity contribution in [1.82, 2.24) is 5.32 Å². The zero-order valence-electron chi connectivity index (χ0n) is 10.5. The highest BCUT2D eigenvalue weighted by Gasteiger charge is 2.27. The van der Waals surface area contributed by atoms with E-state index in [1.165, 1.54) is 12.1 Å². The number of benzene rings is 1. The Kier molecular flexibility index (Phi) is 5.54. The van der Waals surface area contributed by atoms with Crippen molar-refractivity contribution in [1.29, 1.82) is 0 Å². The molecule has 0 fully saturated rings. The van der Waals surface area contributed by atoms with E-state index in [1.807, 2.05) is 0 Å². The van der Waals surface area contributed by atoms with Crippen LogP contribution in [-0.4, -0.2) is 29.7 Å². The maximum atomic E-state index is 12.2. The number of aryl methyl sites for hydroxylation is 1. The summed E-state index contributed by atoms with van der Waals surface area (Å²) in [4.78, 5) is 22.1. The first-order chi connectivity index (χ1) is 9.29. The van der Waals surface area contributed by atoms with Gasteiger partial charge in [-0.2, -0.15) is 13.2 Å². The van der Waals surface area contributed by atoms with Crippen LogP contribution in [0, 0.1) is 0 Å². The number of carbonyl (C=O) groups excluding carboxylic acids is 1. The van der Waals surface area contributed by atoms with Crippen LogP contribution in [-0.2, 0) is 11.2 Å². The third-order valence-corrected chi connectivity index (χ3v) is 2.56. The van der Waals surface area contributed by atoms with Gasteiger partial charge in [-0.15, -0.1) is 0 Å². The number of rotatable bonds is 6. The minimum absolute atomic E-state index is 0.0677. The van der Waals surface area contributed by atoms with Crippen LogP contribution in [0.2, 0.25) is 0 Å². The Hall–Kier alpha value is -2.05. The summed E-state index contributed by atoms with van der Waals surface area (Å²) in [7, 11) is 0. The molecule has 0 aliphatic heterocycles. The highest BCUT2D eigenvalue weighted by Crippen LogP contribution is 2.23. The highest BCUT2D eigenvalue weighted by atomic mass is 19.4. The second-order valence-electron chi connectivity index (χ2n) is 4.17. The summed E-state index contributed by atoms with van der Waals surface area (Å²) in [5.41, 5.74) is 0.430. The molecular formula is C13H14F3NO3. The van der Waals surface area contributed by atoms with Gasteiger partial charge in [-0.3, -0.25) is 9.59 Å². The second-order valence-corrected chi connectivity index (χ2v) is 4.17. The molecule has 0 heterocycles. The minimum atomic E-state index is -4.28. The van der Waals surface area contributed by atoms with Gasteiger partial charge in [0.25, 0.3) is 5.91 Å². The van der Waals surface area contributed by atoms with Crippen molar-refractivity contribution in [2.24, 2.45) is 0 Å². The van der Waals surface area contributed by atoms with Crippen molar-refractivity contribution in [3.05, 3.63) is 35.4 Å². The number of aliphatic carboxylic acids is 1. The zero-order chi connectivity index (χ0) is 15.2. The van der Waals surface area contributed by atoms with E-state index in [1.54, 1.807) is 12.1 Å². The molecule has 0 radical (unpaired) electrons. The average Bonchev–Trinajstić information content (AvgIpc) is 2.35. The average molecular weight is 289 g/mol. The van der Waals surface area contributed by atoms with E-state index in [2.05, 4.69) is 5.32 Å². The molecule has 1 aromatic carbocycles. The lowest BCUT2D eigenvalue weighted by atomic mass is 10.0. The summed E-state index contributed by atoms with van der Waals surface area (Å²) in [5.74, 6) is -1.63. The van der Waals surface area contributed by atoms with Crippen molar-refractivity contribution < 1.29 is 27.9 Å². The molecule has 0 aromatic heterocycles. The Morgan fingerprint density at radius 2 is 1.85 bits per heavy atom. The van der Waals surface area contributed by atoms with Crippen LogP contribution in [0.3, 0.4) is 0 Å². The highest BCUT2D eigenvalue weighted by molar-refractivity contribution is 5.95. The molecule has 1 amide bonds. The summed E-state index contributed by atoms with van der Waals surface area (Å²) in [6.07, 6.45) is -5.82. The molecule has 110 valence electrons. The summed E-state index contributed by atoms with van der Waals surface area (Å²) in [5, 5.41) is 10.8. The molecular weight excluding hydrogens is 275 g/mol. The Balaban J connectivity index is 2.69. The fourth-order valence-electron chi connectivity index (χ4n) is 1.61. The van der Waals surface area contributed by atoms with E-state index < -0.39 is 24.5 Å². The summed E-state index contributed by atoms with van der Waals surface area (Å²) >= 11 is 0. The third-order valence-electron chi connectivity index (χ3n) is 2.56. The fraction of sp³-hybridized carbons (Fsp3) is 0.385. The molecule has 1 rings (SSSR count).